The molecule has 0 saturated heterocycles. The van der Waals surface area contributed by atoms with E-state index in [0.717, 1.165) is 17.1 Å². The molecule has 0 fully saturated rings. The molecule has 0 aliphatic heterocycles. The van der Waals surface area contributed by atoms with E-state index >= 15 is 0 Å². The van der Waals surface area contributed by atoms with Crippen molar-refractivity contribution in [2.75, 3.05) is 13.6 Å². The molecule has 1 heterocycles. The summed E-state index contributed by atoms with van der Waals surface area (Å²) in [6.07, 6.45) is 0. The quantitative estimate of drug-likeness (QED) is 0.896. The summed E-state index contributed by atoms with van der Waals surface area (Å²) in [6.45, 7) is 7.65. The highest BCUT2D eigenvalue weighted by atomic mass is 35.5. The fourth-order valence-corrected chi connectivity index (χ4v) is 3.27. The van der Waals surface area contributed by atoms with Gasteiger partial charge < -0.3 is 9.88 Å². The first-order chi connectivity index (χ1) is 8.40. The molecule has 1 aromatic carbocycles. The maximum Gasteiger partial charge on any atom is 0.0672 e. The van der Waals surface area contributed by atoms with Crippen LogP contribution in [0.25, 0.3) is 10.9 Å². The summed E-state index contributed by atoms with van der Waals surface area (Å²) in [5.74, 6) is 0. The molecule has 1 aromatic heterocycles. The predicted octanol–water partition coefficient (Wildman–Crippen LogP) is 3.64. The lowest BCUT2D eigenvalue weighted by Crippen LogP contribution is -2.31. The first-order valence-electron chi connectivity index (χ1n) is 6.28. The molecule has 0 aliphatic rings. The van der Waals surface area contributed by atoms with Crippen molar-refractivity contribution in [3.05, 3.63) is 34.5 Å². The van der Waals surface area contributed by atoms with Crippen molar-refractivity contribution < 1.29 is 0 Å². The molecule has 0 radical (unpaired) electrons. The Morgan fingerprint density at radius 2 is 2.00 bits per heavy atom. The second-order valence-electron chi connectivity index (χ2n) is 5.57. The number of rotatable bonds is 3. The molecular formula is C15H21ClN2. The summed E-state index contributed by atoms with van der Waals surface area (Å²) < 4.78 is 2.20. The molecular weight excluding hydrogens is 244 g/mol. The summed E-state index contributed by atoms with van der Waals surface area (Å²) in [4.78, 5) is 0. The maximum absolute atomic E-state index is 6.34. The summed E-state index contributed by atoms with van der Waals surface area (Å²) in [7, 11) is 4.08. The zero-order valence-corrected chi connectivity index (χ0v) is 12.5. The zero-order chi connectivity index (χ0) is 13.5. The van der Waals surface area contributed by atoms with Gasteiger partial charge in [0.15, 0.2) is 0 Å². The number of halogens is 1. The Hall–Kier alpha value is -0.990. The molecule has 1 N–H and O–H groups in total. The number of aromatic nitrogens is 1. The number of hydrogen-bond donors (Lipinski definition) is 1. The number of likely N-dealkylation sites (N-methyl/N-ethyl adjacent to an activating group) is 1. The Labute approximate surface area is 114 Å². The smallest absolute Gasteiger partial charge is 0.0672 e. The lowest BCUT2D eigenvalue weighted by atomic mass is 9.82. The highest BCUT2D eigenvalue weighted by Gasteiger charge is 2.27. The van der Waals surface area contributed by atoms with Gasteiger partial charge in [-0.05, 0) is 25.6 Å². The van der Waals surface area contributed by atoms with Crippen molar-refractivity contribution >= 4 is 22.5 Å². The summed E-state index contributed by atoms with van der Waals surface area (Å²) >= 11 is 6.34. The summed E-state index contributed by atoms with van der Waals surface area (Å²) in [5.41, 5.74) is 3.90. The van der Waals surface area contributed by atoms with Crippen LogP contribution in [0, 0.1) is 6.92 Å². The standard InChI is InChI=1S/C15H21ClN2/c1-10-13(15(2,3)9-17-4)11-7-6-8-12(16)14(11)18(10)5/h6-8,17H,9H2,1-5H3. The van der Waals surface area contributed by atoms with Gasteiger partial charge in [-0.25, -0.2) is 0 Å². The normalized spacial score (nSPS) is 12.3. The molecule has 0 saturated carbocycles. The van der Waals surface area contributed by atoms with Crippen LogP contribution in [-0.2, 0) is 12.5 Å². The van der Waals surface area contributed by atoms with E-state index in [-0.39, 0.29) is 5.41 Å². The average Bonchev–Trinajstić information content (AvgIpc) is 2.53. The fourth-order valence-electron chi connectivity index (χ4n) is 2.97. The Bertz CT molecular complexity index is 582. The molecule has 18 heavy (non-hydrogen) atoms. The van der Waals surface area contributed by atoms with Crippen LogP contribution in [0.1, 0.15) is 25.1 Å². The highest BCUT2D eigenvalue weighted by molar-refractivity contribution is 6.35. The monoisotopic (exact) mass is 264 g/mol. The molecule has 0 unspecified atom stereocenters. The minimum Gasteiger partial charge on any atom is -0.346 e. The lowest BCUT2D eigenvalue weighted by molar-refractivity contribution is 0.493. The molecule has 0 aliphatic carbocycles. The Morgan fingerprint density at radius 1 is 1.33 bits per heavy atom. The minimum atomic E-state index is 0.0863. The predicted molar refractivity (Wildman–Crippen MR) is 79.6 cm³/mol. The van der Waals surface area contributed by atoms with E-state index in [0.29, 0.717) is 0 Å². The molecule has 0 atom stereocenters. The number of nitrogens with one attached hydrogen (secondary N) is 1. The van der Waals surface area contributed by atoms with Gasteiger partial charge in [0.25, 0.3) is 0 Å². The van der Waals surface area contributed by atoms with Gasteiger partial charge in [0, 0.05) is 30.1 Å². The van der Waals surface area contributed by atoms with E-state index in [2.05, 4.69) is 43.8 Å². The molecule has 98 valence electrons. The zero-order valence-electron chi connectivity index (χ0n) is 11.8. The van der Waals surface area contributed by atoms with Crippen LogP contribution in [0.4, 0.5) is 0 Å². The van der Waals surface area contributed by atoms with Crippen LogP contribution in [-0.4, -0.2) is 18.2 Å². The van der Waals surface area contributed by atoms with Crippen LogP contribution in [0.15, 0.2) is 18.2 Å². The van der Waals surface area contributed by atoms with Gasteiger partial charge in [-0.3, -0.25) is 0 Å². The number of benzene rings is 1. The van der Waals surface area contributed by atoms with Gasteiger partial charge in [0.1, 0.15) is 0 Å². The highest BCUT2D eigenvalue weighted by Crippen LogP contribution is 2.37. The molecule has 3 heteroatoms. The third-order valence-corrected chi connectivity index (χ3v) is 4.06. The van der Waals surface area contributed by atoms with Crippen LogP contribution in [0.5, 0.6) is 0 Å². The van der Waals surface area contributed by atoms with Crippen LogP contribution in [0.2, 0.25) is 5.02 Å². The second-order valence-corrected chi connectivity index (χ2v) is 5.98. The second kappa shape index (κ2) is 4.60. The Balaban J connectivity index is 2.80. The van der Waals surface area contributed by atoms with Crippen molar-refractivity contribution in [2.45, 2.75) is 26.2 Å². The molecule has 2 aromatic rings. The molecule has 0 spiro atoms. The number of aryl methyl sites for hydroxylation is 1. The van der Waals surface area contributed by atoms with Crippen molar-refractivity contribution in [1.82, 2.24) is 9.88 Å². The van der Waals surface area contributed by atoms with E-state index in [9.17, 15) is 0 Å². The fraction of sp³-hybridized carbons (Fsp3) is 0.467. The SMILES string of the molecule is CNCC(C)(C)c1c(C)n(C)c2c(Cl)cccc12. The summed E-state index contributed by atoms with van der Waals surface area (Å²) in [6, 6.07) is 6.15. The van der Waals surface area contributed by atoms with E-state index in [1.165, 1.54) is 16.6 Å². The van der Waals surface area contributed by atoms with Crippen molar-refractivity contribution in [3.63, 3.8) is 0 Å². The van der Waals surface area contributed by atoms with Gasteiger partial charge in [-0.15, -0.1) is 0 Å². The number of hydrogen-bond acceptors (Lipinski definition) is 1. The van der Waals surface area contributed by atoms with E-state index in [4.69, 9.17) is 11.6 Å². The molecule has 2 nitrogen and oxygen atoms in total. The van der Waals surface area contributed by atoms with Gasteiger partial charge in [-0.1, -0.05) is 37.6 Å². The average molecular weight is 265 g/mol. The lowest BCUT2D eigenvalue weighted by Gasteiger charge is -2.25. The topological polar surface area (TPSA) is 17.0 Å². The van der Waals surface area contributed by atoms with E-state index < -0.39 is 0 Å². The third-order valence-electron chi connectivity index (χ3n) is 3.75. The van der Waals surface area contributed by atoms with E-state index in [1.54, 1.807) is 0 Å². The Morgan fingerprint density at radius 3 is 2.61 bits per heavy atom. The summed E-state index contributed by atoms with van der Waals surface area (Å²) in [5, 5.41) is 5.37. The van der Waals surface area contributed by atoms with Gasteiger partial charge in [-0.2, -0.15) is 0 Å². The Kier molecular flexibility index (Phi) is 3.43. The van der Waals surface area contributed by atoms with E-state index in [1.807, 2.05) is 19.2 Å². The van der Waals surface area contributed by atoms with Crippen LogP contribution >= 0.6 is 11.6 Å². The van der Waals surface area contributed by atoms with Crippen molar-refractivity contribution in [3.8, 4) is 0 Å². The van der Waals surface area contributed by atoms with Crippen LogP contribution in [0.3, 0.4) is 0 Å². The molecule has 0 bridgehead atoms. The third kappa shape index (κ3) is 1.94. The van der Waals surface area contributed by atoms with Crippen molar-refractivity contribution in [2.24, 2.45) is 7.05 Å². The van der Waals surface area contributed by atoms with Gasteiger partial charge in [0.05, 0.1) is 10.5 Å². The maximum atomic E-state index is 6.34. The first kappa shape index (κ1) is 13.4. The number of nitrogens with zero attached hydrogens (tertiary/aromatic N) is 1. The van der Waals surface area contributed by atoms with Gasteiger partial charge >= 0.3 is 0 Å². The van der Waals surface area contributed by atoms with Gasteiger partial charge in [0.2, 0.25) is 0 Å². The minimum absolute atomic E-state index is 0.0863. The number of fused-ring (bicyclic) bond motifs is 1. The molecule has 2 rings (SSSR count). The van der Waals surface area contributed by atoms with Crippen LogP contribution < -0.4 is 5.32 Å². The van der Waals surface area contributed by atoms with Crippen molar-refractivity contribution in [1.29, 1.82) is 0 Å². The number of para-hydroxylation sites is 1. The largest absolute Gasteiger partial charge is 0.346 e. The first-order valence-corrected chi connectivity index (χ1v) is 6.66. The molecule has 0 amide bonds.